The summed E-state index contributed by atoms with van der Waals surface area (Å²) in [7, 11) is 0. The molecule has 0 aliphatic carbocycles. The normalized spacial score (nSPS) is 10.5. The molecule has 0 atom stereocenters. The summed E-state index contributed by atoms with van der Waals surface area (Å²) < 4.78 is 0. The number of aromatic amines is 1. The Labute approximate surface area is 58.9 Å². The lowest BCUT2D eigenvalue weighted by atomic mass is 10.2. The van der Waals surface area contributed by atoms with Crippen molar-refractivity contribution < 1.29 is 0 Å². The maximum Gasteiger partial charge on any atom is 0.0652 e. The molecule has 0 aliphatic rings. The summed E-state index contributed by atoms with van der Waals surface area (Å²) >= 11 is 0. The lowest BCUT2D eigenvalue weighted by Gasteiger charge is -1.90. The Bertz CT molecular complexity index is 349. The minimum absolute atomic E-state index is 1.11. The second-order valence-electron chi connectivity index (χ2n) is 2.41. The van der Waals surface area contributed by atoms with Gasteiger partial charge in [-0.15, -0.1) is 0 Å². The standard InChI is InChI=1S/C8H8N2/c1-6-3-2-4-8-7(6)5-9-10-8/h2-5H,1H3,(H,9,10). The van der Waals surface area contributed by atoms with Gasteiger partial charge in [-0.3, -0.25) is 5.10 Å². The number of hydrogen-bond acceptors (Lipinski definition) is 1. The van der Waals surface area contributed by atoms with Crippen molar-refractivity contribution in [1.29, 1.82) is 0 Å². The maximum absolute atomic E-state index is 3.94. The largest absolute Gasteiger partial charge is 0.278 e. The molecule has 2 heteroatoms. The highest BCUT2D eigenvalue weighted by molar-refractivity contribution is 5.81. The molecule has 0 unspecified atom stereocenters. The second-order valence-corrected chi connectivity index (χ2v) is 2.41. The van der Waals surface area contributed by atoms with E-state index in [1.165, 1.54) is 10.9 Å². The molecule has 0 bridgehead atoms. The second kappa shape index (κ2) is 1.84. The number of fused-ring (bicyclic) bond motifs is 1. The predicted molar refractivity (Wildman–Crippen MR) is 40.8 cm³/mol. The molecule has 0 radical (unpaired) electrons. The van der Waals surface area contributed by atoms with E-state index in [9.17, 15) is 0 Å². The summed E-state index contributed by atoms with van der Waals surface area (Å²) in [5.74, 6) is 0. The molecule has 2 rings (SSSR count). The average Bonchev–Trinajstić information content (AvgIpc) is 2.36. The van der Waals surface area contributed by atoms with Crippen molar-refractivity contribution in [3.63, 3.8) is 0 Å². The van der Waals surface area contributed by atoms with Crippen molar-refractivity contribution in [2.45, 2.75) is 6.92 Å². The minimum atomic E-state index is 1.11. The van der Waals surface area contributed by atoms with Crippen molar-refractivity contribution >= 4 is 10.9 Å². The fraction of sp³-hybridized carbons (Fsp3) is 0.125. The third-order valence-corrected chi connectivity index (χ3v) is 1.70. The Morgan fingerprint density at radius 1 is 1.40 bits per heavy atom. The van der Waals surface area contributed by atoms with Gasteiger partial charge in [0.2, 0.25) is 0 Å². The smallest absolute Gasteiger partial charge is 0.0652 e. The minimum Gasteiger partial charge on any atom is -0.278 e. The number of H-pyrrole nitrogens is 1. The molecular formula is C8H8N2. The van der Waals surface area contributed by atoms with E-state index in [2.05, 4.69) is 23.2 Å². The first kappa shape index (κ1) is 5.47. The summed E-state index contributed by atoms with van der Waals surface area (Å²) in [6.45, 7) is 2.08. The van der Waals surface area contributed by atoms with E-state index in [0.29, 0.717) is 0 Å². The molecule has 0 fully saturated rings. The topological polar surface area (TPSA) is 28.7 Å². The van der Waals surface area contributed by atoms with Crippen molar-refractivity contribution in [2.75, 3.05) is 0 Å². The summed E-state index contributed by atoms with van der Waals surface area (Å²) in [6, 6.07) is 6.13. The molecule has 0 saturated heterocycles. The van der Waals surface area contributed by atoms with Crippen molar-refractivity contribution in [1.82, 2.24) is 10.2 Å². The molecule has 0 aliphatic heterocycles. The van der Waals surface area contributed by atoms with Crippen LogP contribution < -0.4 is 0 Å². The monoisotopic (exact) mass is 132 g/mol. The van der Waals surface area contributed by atoms with Crippen LogP contribution in [-0.4, -0.2) is 10.2 Å². The van der Waals surface area contributed by atoms with Crippen LogP contribution in [0.1, 0.15) is 5.56 Å². The number of nitrogens with zero attached hydrogens (tertiary/aromatic N) is 1. The predicted octanol–water partition coefficient (Wildman–Crippen LogP) is 1.87. The number of rotatable bonds is 0. The number of hydrogen-bond donors (Lipinski definition) is 1. The van der Waals surface area contributed by atoms with E-state index in [4.69, 9.17) is 0 Å². The van der Waals surface area contributed by atoms with Crippen LogP contribution in [0.3, 0.4) is 0 Å². The molecule has 0 amide bonds. The van der Waals surface area contributed by atoms with E-state index in [1.54, 1.807) is 0 Å². The van der Waals surface area contributed by atoms with Gasteiger partial charge in [-0.25, -0.2) is 0 Å². The molecule has 50 valence electrons. The number of nitrogens with one attached hydrogen (secondary N) is 1. The summed E-state index contributed by atoms with van der Waals surface area (Å²) in [6.07, 6.45) is 1.85. The third-order valence-electron chi connectivity index (χ3n) is 1.70. The van der Waals surface area contributed by atoms with Gasteiger partial charge in [-0.2, -0.15) is 5.10 Å². The van der Waals surface area contributed by atoms with Crippen LogP contribution >= 0.6 is 0 Å². The SMILES string of the molecule is Cc1cccc2[nH]ncc12. The average molecular weight is 132 g/mol. The number of aryl methyl sites for hydroxylation is 1. The van der Waals surface area contributed by atoms with E-state index >= 15 is 0 Å². The van der Waals surface area contributed by atoms with Crippen LogP contribution in [0, 0.1) is 6.92 Å². The van der Waals surface area contributed by atoms with Crippen molar-refractivity contribution in [2.24, 2.45) is 0 Å². The zero-order valence-corrected chi connectivity index (χ0v) is 5.76. The quantitative estimate of drug-likeness (QED) is 0.582. The van der Waals surface area contributed by atoms with Crippen LogP contribution in [-0.2, 0) is 0 Å². The van der Waals surface area contributed by atoms with Crippen LogP contribution in [0.25, 0.3) is 10.9 Å². The zero-order valence-electron chi connectivity index (χ0n) is 5.76. The molecular weight excluding hydrogens is 124 g/mol. The van der Waals surface area contributed by atoms with Gasteiger partial charge >= 0.3 is 0 Å². The number of benzene rings is 1. The van der Waals surface area contributed by atoms with Gasteiger partial charge in [0, 0.05) is 5.39 Å². The van der Waals surface area contributed by atoms with Crippen LogP contribution in [0.5, 0.6) is 0 Å². The first-order valence-electron chi connectivity index (χ1n) is 3.26. The Hall–Kier alpha value is -1.31. The third kappa shape index (κ3) is 0.620. The first-order valence-corrected chi connectivity index (χ1v) is 3.26. The maximum atomic E-state index is 3.94. The molecule has 2 aromatic rings. The van der Waals surface area contributed by atoms with Gasteiger partial charge < -0.3 is 0 Å². The van der Waals surface area contributed by atoms with E-state index in [1.807, 2.05) is 18.3 Å². The lowest BCUT2D eigenvalue weighted by Crippen LogP contribution is -1.71. The van der Waals surface area contributed by atoms with Gasteiger partial charge in [-0.05, 0) is 18.6 Å². The molecule has 1 aromatic carbocycles. The highest BCUT2D eigenvalue weighted by atomic mass is 15.1. The first-order chi connectivity index (χ1) is 4.88. The Balaban J connectivity index is 2.95. The van der Waals surface area contributed by atoms with E-state index in [0.717, 1.165) is 5.52 Å². The molecule has 1 N–H and O–H groups in total. The fourth-order valence-corrected chi connectivity index (χ4v) is 1.12. The van der Waals surface area contributed by atoms with E-state index in [-0.39, 0.29) is 0 Å². The highest BCUT2D eigenvalue weighted by Gasteiger charge is 1.94. The highest BCUT2D eigenvalue weighted by Crippen LogP contribution is 2.13. The Morgan fingerprint density at radius 2 is 2.30 bits per heavy atom. The van der Waals surface area contributed by atoms with Crippen LogP contribution in [0.2, 0.25) is 0 Å². The van der Waals surface area contributed by atoms with Gasteiger partial charge in [0.25, 0.3) is 0 Å². The summed E-state index contributed by atoms with van der Waals surface area (Å²) in [4.78, 5) is 0. The van der Waals surface area contributed by atoms with Crippen molar-refractivity contribution in [3.05, 3.63) is 30.0 Å². The molecule has 0 spiro atoms. The zero-order chi connectivity index (χ0) is 6.97. The van der Waals surface area contributed by atoms with Crippen LogP contribution in [0.4, 0.5) is 0 Å². The molecule has 2 nitrogen and oxygen atoms in total. The van der Waals surface area contributed by atoms with Gasteiger partial charge in [0.05, 0.1) is 11.7 Å². The fourth-order valence-electron chi connectivity index (χ4n) is 1.12. The number of aromatic nitrogens is 2. The van der Waals surface area contributed by atoms with Crippen molar-refractivity contribution in [3.8, 4) is 0 Å². The Morgan fingerprint density at radius 3 is 3.10 bits per heavy atom. The van der Waals surface area contributed by atoms with Gasteiger partial charge in [-0.1, -0.05) is 12.1 Å². The molecule has 1 heterocycles. The van der Waals surface area contributed by atoms with E-state index < -0.39 is 0 Å². The van der Waals surface area contributed by atoms with Gasteiger partial charge in [0.15, 0.2) is 0 Å². The van der Waals surface area contributed by atoms with Gasteiger partial charge in [0.1, 0.15) is 0 Å². The summed E-state index contributed by atoms with van der Waals surface area (Å²) in [5, 5.41) is 8.06. The molecule has 0 saturated carbocycles. The summed E-state index contributed by atoms with van der Waals surface area (Å²) in [5.41, 5.74) is 2.38. The Kier molecular flexibility index (Phi) is 1.01. The molecule has 10 heavy (non-hydrogen) atoms. The molecule has 1 aromatic heterocycles. The lowest BCUT2D eigenvalue weighted by molar-refractivity contribution is 1.12. The van der Waals surface area contributed by atoms with Crippen LogP contribution in [0.15, 0.2) is 24.4 Å².